The summed E-state index contributed by atoms with van der Waals surface area (Å²) in [6.07, 6.45) is 1.77. The lowest BCUT2D eigenvalue weighted by Crippen LogP contribution is -2.69. The molecule has 7 aromatic carbocycles. The molecule has 15 heteroatoms. The average Bonchev–Trinajstić information content (AvgIpc) is 3.46. The Morgan fingerprint density at radius 3 is 1.76 bits per heavy atom. The minimum atomic E-state index is -3.36. The zero-order valence-corrected chi connectivity index (χ0v) is 48.0. The number of unbranched alkanes of at least 4 members (excludes halogenated alkanes) is 2. The predicted octanol–water partition coefficient (Wildman–Crippen LogP) is 11.4. The summed E-state index contributed by atoms with van der Waals surface area (Å²) in [5, 5.41) is 4.77. The molecule has 3 heterocycles. The van der Waals surface area contributed by atoms with Crippen molar-refractivity contribution >= 4 is 41.8 Å². The van der Waals surface area contributed by atoms with Gasteiger partial charge in [-0.2, -0.15) is 0 Å². The first kappa shape index (κ1) is 55.7. The monoisotopic (exact) mass is 1110 g/mol. The fourth-order valence-electron chi connectivity index (χ4n) is 12.1. The Morgan fingerprint density at radius 1 is 0.634 bits per heavy atom. The standard InChI is InChI=1S/C67H70N6O8Si/c1-66(2,3)82(51-24-12-7-13-25-51,52-26-14-8-15-27-52)81-60-58(43-79-67(46-22-10-6-11-23-46,47-32-36-49(75-4)37-33-47)48-34-38-50(76-5)39-35-48)80-64(73-45-72-59-62(68)70-44-71-63(59)73)61(60)77-41-21-9-20-40-69-65(74)78-42-57-55-30-18-16-28-53(55)54-29-17-19-31-56(54)57/h6-8,10-19,22-39,44-45,57-58,60-61,64H,9,20-21,40-43H2,1-5H3,(H,69,74)(H2,68,70,71)/t58-,60-,61-,64-/m1/s1. The molecule has 4 atom stereocenters. The van der Waals surface area contributed by atoms with Crippen molar-refractivity contribution < 1.29 is 37.6 Å². The molecule has 1 aliphatic carbocycles. The maximum Gasteiger partial charge on any atom is 0.407 e. The van der Waals surface area contributed by atoms with E-state index in [2.05, 4.69) is 116 Å². The number of hydrogen-bond acceptors (Lipinski definition) is 12. The number of nitrogen functional groups attached to an aromatic ring is 1. The molecule has 0 radical (unpaired) electrons. The Bertz CT molecular complexity index is 3430. The molecule has 82 heavy (non-hydrogen) atoms. The topological polar surface area (TPSA) is 163 Å². The molecule has 2 aromatic heterocycles. The Morgan fingerprint density at radius 2 is 1.18 bits per heavy atom. The van der Waals surface area contributed by atoms with Crippen molar-refractivity contribution in [2.75, 3.05) is 46.3 Å². The molecule has 3 N–H and O–H groups in total. The summed E-state index contributed by atoms with van der Waals surface area (Å²) in [4.78, 5) is 26.9. The molecule has 0 unspecified atom stereocenters. The van der Waals surface area contributed by atoms with E-state index in [0.29, 0.717) is 48.7 Å². The number of nitrogens with two attached hydrogens (primary N) is 1. The first-order valence-corrected chi connectivity index (χ1v) is 30.0. The molecule has 1 saturated heterocycles. The number of aromatic nitrogens is 4. The fraction of sp³-hybridized carbons (Fsp3) is 0.284. The highest BCUT2D eigenvalue weighted by Gasteiger charge is 2.58. The molecular formula is C67H70N6O8Si. The van der Waals surface area contributed by atoms with Crippen molar-refractivity contribution in [2.45, 2.75) is 81.1 Å². The highest BCUT2D eigenvalue weighted by atomic mass is 28.4. The smallest absolute Gasteiger partial charge is 0.407 e. The molecule has 420 valence electrons. The van der Waals surface area contributed by atoms with Crippen LogP contribution in [0.3, 0.4) is 0 Å². The van der Waals surface area contributed by atoms with E-state index in [4.69, 9.17) is 48.5 Å². The van der Waals surface area contributed by atoms with Crippen LogP contribution in [-0.2, 0) is 29.0 Å². The third-order valence-electron chi connectivity index (χ3n) is 16.1. The van der Waals surface area contributed by atoms with Crippen molar-refractivity contribution in [3.8, 4) is 22.6 Å². The van der Waals surface area contributed by atoms with Crippen LogP contribution < -0.4 is 30.9 Å². The molecule has 1 fully saturated rings. The number of rotatable bonds is 22. The van der Waals surface area contributed by atoms with Crippen molar-refractivity contribution in [3.63, 3.8) is 0 Å². The number of carbonyl (C=O) groups is 1. The zero-order chi connectivity index (χ0) is 56.7. The zero-order valence-electron chi connectivity index (χ0n) is 47.0. The highest BCUT2D eigenvalue weighted by Crippen LogP contribution is 2.47. The van der Waals surface area contributed by atoms with E-state index in [1.807, 2.05) is 108 Å². The normalized spacial score (nSPS) is 17.1. The Kier molecular flexibility index (Phi) is 16.6. The third-order valence-corrected chi connectivity index (χ3v) is 21.1. The lowest BCUT2D eigenvalue weighted by Gasteiger charge is -2.46. The van der Waals surface area contributed by atoms with Crippen LogP contribution in [0.4, 0.5) is 10.6 Å². The summed E-state index contributed by atoms with van der Waals surface area (Å²) in [5.74, 6) is 1.65. The molecule has 1 aliphatic heterocycles. The molecule has 0 saturated carbocycles. The summed E-state index contributed by atoms with van der Waals surface area (Å²) in [5.41, 5.74) is 13.6. The van der Waals surface area contributed by atoms with Gasteiger partial charge in [0.15, 0.2) is 17.7 Å². The minimum Gasteiger partial charge on any atom is -0.497 e. The van der Waals surface area contributed by atoms with Gasteiger partial charge < -0.3 is 43.9 Å². The van der Waals surface area contributed by atoms with Crippen molar-refractivity contribution in [1.82, 2.24) is 24.8 Å². The predicted molar refractivity (Wildman–Crippen MR) is 321 cm³/mol. The average molecular weight is 1120 g/mol. The molecule has 11 rings (SSSR count). The van der Waals surface area contributed by atoms with E-state index in [0.717, 1.165) is 33.5 Å². The van der Waals surface area contributed by atoms with Crippen LogP contribution >= 0.6 is 0 Å². The van der Waals surface area contributed by atoms with Gasteiger partial charge in [0.2, 0.25) is 0 Å². The summed E-state index contributed by atoms with van der Waals surface area (Å²) in [6, 6.07) is 64.1. The van der Waals surface area contributed by atoms with Crippen molar-refractivity contribution in [3.05, 3.63) is 229 Å². The van der Waals surface area contributed by atoms with Gasteiger partial charge in [-0.05, 0) is 97.9 Å². The number of nitrogens with one attached hydrogen (secondary N) is 1. The number of benzene rings is 7. The molecule has 14 nitrogen and oxygen atoms in total. The molecular weight excluding hydrogens is 1040 g/mol. The maximum atomic E-state index is 13.2. The number of carbonyl (C=O) groups excluding carboxylic acids is 1. The number of imidazole rings is 1. The number of ether oxygens (including phenoxy) is 6. The van der Waals surface area contributed by atoms with E-state index in [9.17, 15) is 4.79 Å². The van der Waals surface area contributed by atoms with Gasteiger partial charge in [-0.1, -0.05) is 185 Å². The maximum absolute atomic E-state index is 13.2. The van der Waals surface area contributed by atoms with Gasteiger partial charge in [-0.25, -0.2) is 19.7 Å². The van der Waals surface area contributed by atoms with Crippen LogP contribution in [0.5, 0.6) is 11.5 Å². The van der Waals surface area contributed by atoms with Gasteiger partial charge in [0.05, 0.1) is 27.2 Å². The summed E-state index contributed by atoms with van der Waals surface area (Å²) < 4.78 is 49.8. The van der Waals surface area contributed by atoms with Gasteiger partial charge in [-0.3, -0.25) is 4.57 Å². The summed E-state index contributed by atoms with van der Waals surface area (Å²) in [7, 11) is -0.0328. The number of fused-ring (bicyclic) bond motifs is 4. The first-order valence-electron chi connectivity index (χ1n) is 28.1. The van der Waals surface area contributed by atoms with Gasteiger partial charge in [0.1, 0.15) is 53.9 Å². The Hall–Kier alpha value is -8.18. The number of alkyl carbamates (subject to hydrolysis) is 1. The lowest BCUT2D eigenvalue weighted by molar-refractivity contribution is -0.0954. The molecule has 1 amide bonds. The highest BCUT2D eigenvalue weighted by molar-refractivity contribution is 6.99. The first-order chi connectivity index (χ1) is 40.0. The second-order valence-electron chi connectivity index (χ2n) is 21.9. The Balaban J connectivity index is 0.924. The molecule has 9 aromatic rings. The molecule has 0 spiro atoms. The minimum absolute atomic E-state index is 0.0206. The van der Waals surface area contributed by atoms with Gasteiger partial charge in [-0.15, -0.1) is 0 Å². The van der Waals surface area contributed by atoms with E-state index in [1.54, 1.807) is 20.5 Å². The van der Waals surface area contributed by atoms with Gasteiger partial charge in [0, 0.05) is 19.1 Å². The molecule has 0 bridgehead atoms. The van der Waals surface area contributed by atoms with Crippen LogP contribution in [-0.4, -0.2) is 92.8 Å². The number of amides is 1. The SMILES string of the molecule is COc1ccc(C(OC[C@H]2O[C@@H](n3cnc4c(N)ncnc43)[C@H](OCCCCCNC(=O)OCC3c4ccccc4-c4ccccc43)[C@@H]2O[Si](c2ccccc2)(c2ccccc2)C(C)(C)C)(c2ccccc2)c2ccc(OC)cc2)cc1. The second-order valence-corrected chi connectivity index (χ2v) is 26.1. The number of anilines is 1. The van der Waals surface area contributed by atoms with E-state index in [1.165, 1.54) is 28.6 Å². The largest absolute Gasteiger partial charge is 0.497 e. The van der Waals surface area contributed by atoms with Gasteiger partial charge in [0.25, 0.3) is 8.32 Å². The summed E-state index contributed by atoms with van der Waals surface area (Å²) >= 11 is 0. The summed E-state index contributed by atoms with van der Waals surface area (Å²) in [6.45, 7) is 7.88. The Labute approximate surface area is 480 Å². The van der Waals surface area contributed by atoms with Gasteiger partial charge >= 0.3 is 6.09 Å². The van der Waals surface area contributed by atoms with Crippen LogP contribution in [0, 0.1) is 0 Å². The molecule has 2 aliphatic rings. The van der Waals surface area contributed by atoms with E-state index >= 15 is 0 Å². The van der Waals surface area contributed by atoms with Crippen LogP contribution in [0.25, 0.3) is 22.3 Å². The van der Waals surface area contributed by atoms with E-state index < -0.39 is 49.6 Å². The number of methoxy groups -OCH3 is 2. The lowest BCUT2D eigenvalue weighted by atomic mass is 9.80. The van der Waals surface area contributed by atoms with Crippen LogP contribution in [0.1, 0.15) is 80.0 Å². The second kappa shape index (κ2) is 24.5. The van der Waals surface area contributed by atoms with Crippen molar-refractivity contribution in [2.24, 2.45) is 0 Å². The third kappa shape index (κ3) is 10.9. The van der Waals surface area contributed by atoms with Crippen molar-refractivity contribution in [1.29, 1.82) is 0 Å². The van der Waals surface area contributed by atoms with Crippen LogP contribution in [0.2, 0.25) is 5.04 Å². The van der Waals surface area contributed by atoms with Crippen LogP contribution in [0.15, 0.2) is 201 Å². The quantitative estimate of drug-likeness (QED) is 0.0376. The number of hydrogen-bond donors (Lipinski definition) is 2. The fourth-order valence-corrected chi connectivity index (χ4v) is 16.8. The number of nitrogens with zero attached hydrogens (tertiary/aromatic N) is 4. The van der Waals surface area contributed by atoms with E-state index in [-0.39, 0.29) is 24.9 Å².